The number of benzene rings is 2. The lowest BCUT2D eigenvalue weighted by molar-refractivity contribution is -0.123. The van der Waals surface area contributed by atoms with E-state index in [2.05, 4.69) is 90.7 Å². The van der Waals surface area contributed by atoms with E-state index in [0.29, 0.717) is 18.9 Å². The number of rotatable bonds is 15. The van der Waals surface area contributed by atoms with E-state index in [-0.39, 0.29) is 11.9 Å². The third-order valence-electron chi connectivity index (χ3n) is 7.32. The molecule has 1 atom stereocenters. The first-order valence-electron chi connectivity index (χ1n) is 13.4. The van der Waals surface area contributed by atoms with Gasteiger partial charge in [-0.3, -0.25) is 9.69 Å². The van der Waals surface area contributed by atoms with Crippen LogP contribution in [0.4, 0.5) is 0 Å². The maximum absolute atomic E-state index is 13.3. The zero-order valence-corrected chi connectivity index (χ0v) is 22.1. The third kappa shape index (κ3) is 7.68. The van der Waals surface area contributed by atoms with Crippen LogP contribution >= 0.6 is 0 Å². The molecule has 0 saturated heterocycles. The van der Waals surface area contributed by atoms with Crippen LogP contribution < -0.4 is 10.6 Å². The average molecular weight is 477 g/mol. The average Bonchev–Trinajstić information content (AvgIpc) is 3.30. The lowest BCUT2D eigenvalue weighted by atomic mass is 10.0. The molecule has 5 heteroatoms. The van der Waals surface area contributed by atoms with Gasteiger partial charge < -0.3 is 15.6 Å². The van der Waals surface area contributed by atoms with Crippen LogP contribution in [-0.2, 0) is 24.2 Å². The molecule has 190 valence electrons. The number of aromatic amines is 1. The van der Waals surface area contributed by atoms with Gasteiger partial charge in [-0.25, -0.2) is 0 Å². The quantitative estimate of drug-likeness (QED) is 0.279. The summed E-state index contributed by atoms with van der Waals surface area (Å²) in [5.41, 5.74) is 4.97. The van der Waals surface area contributed by atoms with Crippen molar-refractivity contribution in [3.8, 4) is 0 Å². The Morgan fingerprint density at radius 2 is 1.60 bits per heavy atom. The van der Waals surface area contributed by atoms with E-state index in [1.54, 1.807) is 0 Å². The molecule has 0 aliphatic heterocycles. The highest BCUT2D eigenvalue weighted by Crippen LogP contribution is 2.19. The smallest absolute Gasteiger partial charge is 0.237 e. The number of aromatic nitrogens is 1. The molecular formula is C30H44N4O. The summed E-state index contributed by atoms with van der Waals surface area (Å²) in [6.45, 7) is 13.4. The number of carbonyl (C=O) groups is 1. The van der Waals surface area contributed by atoms with E-state index in [9.17, 15) is 4.79 Å². The van der Waals surface area contributed by atoms with Gasteiger partial charge >= 0.3 is 0 Å². The maximum Gasteiger partial charge on any atom is 0.237 e. The molecule has 3 aromatic rings. The largest absolute Gasteiger partial charge is 0.361 e. The number of H-pyrrole nitrogens is 1. The van der Waals surface area contributed by atoms with Crippen molar-refractivity contribution in [1.82, 2.24) is 20.5 Å². The normalized spacial score (nSPS) is 12.5. The van der Waals surface area contributed by atoms with Gasteiger partial charge in [-0.2, -0.15) is 0 Å². The van der Waals surface area contributed by atoms with Crippen molar-refractivity contribution in [2.24, 2.45) is 5.92 Å². The zero-order valence-electron chi connectivity index (χ0n) is 22.1. The highest BCUT2D eigenvalue weighted by atomic mass is 16.2. The fourth-order valence-electron chi connectivity index (χ4n) is 4.75. The van der Waals surface area contributed by atoms with Crippen molar-refractivity contribution >= 4 is 16.8 Å². The van der Waals surface area contributed by atoms with Crippen LogP contribution in [0.5, 0.6) is 0 Å². The van der Waals surface area contributed by atoms with Crippen LogP contribution in [0, 0.1) is 5.92 Å². The molecular weight excluding hydrogens is 432 g/mol. The van der Waals surface area contributed by atoms with E-state index >= 15 is 0 Å². The Hall–Kier alpha value is -2.63. The summed E-state index contributed by atoms with van der Waals surface area (Å²) in [5.74, 6) is 0.669. The predicted octanol–water partition coefficient (Wildman–Crippen LogP) is 5.31. The minimum Gasteiger partial charge on any atom is -0.361 e. The van der Waals surface area contributed by atoms with Gasteiger partial charge in [0.2, 0.25) is 5.91 Å². The summed E-state index contributed by atoms with van der Waals surface area (Å²) in [7, 11) is 0. The molecule has 0 aliphatic carbocycles. The molecule has 3 N–H and O–H groups in total. The molecule has 0 spiro atoms. The molecule has 0 aliphatic rings. The minimum atomic E-state index is -0.249. The molecule has 0 bridgehead atoms. The van der Waals surface area contributed by atoms with E-state index in [1.165, 1.54) is 22.1 Å². The standard InChI is InChI=1S/C30H44N4O/c1-5-23(6-2)20-32-29(19-26-21-33-28-16-12-11-15-27(26)28)30(35)31-18-17-24-13-9-10-14-25(24)22-34(7-3)8-4/h9-16,21,23,29,32-33H,5-8,17-20,22H2,1-4H3,(H,31,35)/t29-/m0/s1. The molecule has 5 nitrogen and oxygen atoms in total. The molecule has 35 heavy (non-hydrogen) atoms. The lowest BCUT2D eigenvalue weighted by Gasteiger charge is -2.22. The van der Waals surface area contributed by atoms with Gasteiger partial charge in [-0.05, 0) is 61.2 Å². The summed E-state index contributed by atoms with van der Waals surface area (Å²) in [6, 6.07) is 16.7. The van der Waals surface area contributed by atoms with Crippen molar-refractivity contribution in [2.75, 3.05) is 26.2 Å². The van der Waals surface area contributed by atoms with E-state index in [0.717, 1.165) is 51.0 Å². The maximum atomic E-state index is 13.3. The van der Waals surface area contributed by atoms with Gasteiger partial charge in [0.1, 0.15) is 0 Å². The SMILES string of the molecule is CCC(CC)CN[C@@H](Cc1c[nH]c2ccccc12)C(=O)NCCc1ccccc1CN(CC)CC. The Kier molecular flexibility index (Phi) is 10.8. The highest BCUT2D eigenvalue weighted by Gasteiger charge is 2.21. The van der Waals surface area contributed by atoms with Crippen molar-refractivity contribution in [2.45, 2.75) is 66.0 Å². The second kappa shape index (κ2) is 14.1. The van der Waals surface area contributed by atoms with Crippen molar-refractivity contribution < 1.29 is 4.79 Å². The minimum absolute atomic E-state index is 0.0856. The van der Waals surface area contributed by atoms with Crippen molar-refractivity contribution in [1.29, 1.82) is 0 Å². The number of nitrogens with one attached hydrogen (secondary N) is 3. The Labute approximate surface area is 211 Å². The predicted molar refractivity (Wildman–Crippen MR) is 148 cm³/mol. The Bertz CT molecular complexity index is 1040. The number of carbonyl (C=O) groups excluding carboxylic acids is 1. The van der Waals surface area contributed by atoms with E-state index < -0.39 is 0 Å². The Morgan fingerprint density at radius 3 is 2.31 bits per heavy atom. The van der Waals surface area contributed by atoms with Gasteiger partial charge in [0.05, 0.1) is 6.04 Å². The fraction of sp³-hybridized carbons (Fsp3) is 0.500. The summed E-state index contributed by atoms with van der Waals surface area (Å²) in [5, 5.41) is 8.02. The Balaban J connectivity index is 1.65. The van der Waals surface area contributed by atoms with Crippen molar-refractivity contribution in [3.05, 3.63) is 71.4 Å². The third-order valence-corrected chi connectivity index (χ3v) is 7.32. The van der Waals surface area contributed by atoms with Crippen LogP contribution in [0.3, 0.4) is 0 Å². The van der Waals surface area contributed by atoms with Crippen LogP contribution in [0.15, 0.2) is 54.7 Å². The number of hydrogen-bond donors (Lipinski definition) is 3. The van der Waals surface area contributed by atoms with Gasteiger partial charge in [0.25, 0.3) is 0 Å². The first kappa shape index (κ1) is 27.0. The molecule has 0 fully saturated rings. The first-order valence-corrected chi connectivity index (χ1v) is 13.4. The molecule has 3 rings (SSSR count). The number of nitrogens with zero attached hydrogens (tertiary/aromatic N) is 1. The molecule has 1 amide bonds. The number of hydrogen-bond acceptors (Lipinski definition) is 3. The summed E-state index contributed by atoms with van der Waals surface area (Å²) >= 11 is 0. The number of amides is 1. The first-order chi connectivity index (χ1) is 17.1. The number of para-hydroxylation sites is 1. The summed E-state index contributed by atoms with van der Waals surface area (Å²) in [6.07, 6.45) is 5.81. The summed E-state index contributed by atoms with van der Waals surface area (Å²) in [4.78, 5) is 19.1. The van der Waals surface area contributed by atoms with Gasteiger partial charge in [-0.1, -0.05) is 83.0 Å². The second-order valence-corrected chi connectivity index (χ2v) is 9.48. The van der Waals surface area contributed by atoms with Gasteiger partial charge in [-0.15, -0.1) is 0 Å². The summed E-state index contributed by atoms with van der Waals surface area (Å²) < 4.78 is 0. The zero-order chi connectivity index (χ0) is 25.0. The van der Waals surface area contributed by atoms with Crippen LogP contribution in [0.25, 0.3) is 10.9 Å². The lowest BCUT2D eigenvalue weighted by Crippen LogP contribution is -2.47. The molecule has 1 heterocycles. The topological polar surface area (TPSA) is 60.2 Å². The fourth-order valence-corrected chi connectivity index (χ4v) is 4.75. The number of fused-ring (bicyclic) bond motifs is 1. The molecule has 0 unspecified atom stereocenters. The Morgan fingerprint density at radius 1 is 0.914 bits per heavy atom. The molecule has 2 aromatic carbocycles. The van der Waals surface area contributed by atoms with E-state index in [4.69, 9.17) is 0 Å². The second-order valence-electron chi connectivity index (χ2n) is 9.48. The monoisotopic (exact) mass is 476 g/mol. The van der Waals surface area contributed by atoms with Crippen LogP contribution in [0.2, 0.25) is 0 Å². The van der Waals surface area contributed by atoms with Crippen LogP contribution in [-0.4, -0.2) is 48.0 Å². The molecule has 0 radical (unpaired) electrons. The highest BCUT2D eigenvalue weighted by molar-refractivity contribution is 5.86. The van der Waals surface area contributed by atoms with Gasteiger partial charge in [0, 0.05) is 30.2 Å². The molecule has 1 aromatic heterocycles. The van der Waals surface area contributed by atoms with Crippen molar-refractivity contribution in [3.63, 3.8) is 0 Å². The molecule has 0 saturated carbocycles. The van der Waals surface area contributed by atoms with Crippen LogP contribution in [0.1, 0.15) is 57.2 Å². The van der Waals surface area contributed by atoms with Gasteiger partial charge in [0.15, 0.2) is 0 Å². The van der Waals surface area contributed by atoms with E-state index in [1.807, 2.05) is 12.3 Å².